The van der Waals surface area contributed by atoms with Crippen LogP contribution in [0.15, 0.2) is 60.4 Å². The smallest absolute Gasteiger partial charge is 0.250 e. The van der Waals surface area contributed by atoms with E-state index in [1.165, 1.54) is 11.3 Å². The molecular formula is C22H20N3O2S-. The minimum Gasteiger partial charge on any atom is -0.462 e. The molecule has 6 heteroatoms. The van der Waals surface area contributed by atoms with E-state index in [4.69, 9.17) is 0 Å². The average molecular weight is 390 g/mol. The molecule has 28 heavy (non-hydrogen) atoms. The molecule has 0 bridgehead atoms. The zero-order valence-corrected chi connectivity index (χ0v) is 16.7. The standard InChI is InChI=1S/C22H20N3O2S/c1-22(2,3)21(27)25-12-16(15-8-4-5-9-18(15)25)19(26)17-13-28-20(24-17)14-7-6-10-23-11-14/h4-13,27H,1-3H3/q-1. The Morgan fingerprint density at radius 1 is 1.25 bits per heavy atom. The summed E-state index contributed by atoms with van der Waals surface area (Å²) >= 11 is 1.42. The van der Waals surface area contributed by atoms with Gasteiger partial charge in [-0.05, 0) is 34.5 Å². The predicted octanol–water partition coefficient (Wildman–Crippen LogP) is 4.35. The van der Waals surface area contributed by atoms with Crippen LogP contribution in [0, 0.1) is 11.6 Å². The second-order valence-electron chi connectivity index (χ2n) is 7.61. The highest BCUT2D eigenvalue weighted by molar-refractivity contribution is 7.13. The first-order valence-corrected chi connectivity index (χ1v) is 9.81. The van der Waals surface area contributed by atoms with Gasteiger partial charge in [-0.3, -0.25) is 9.78 Å². The average Bonchev–Trinajstić information content (AvgIpc) is 3.32. The van der Waals surface area contributed by atoms with Gasteiger partial charge in [0.15, 0.2) is 17.1 Å². The van der Waals surface area contributed by atoms with Gasteiger partial charge in [-0.1, -0.05) is 50.4 Å². The van der Waals surface area contributed by atoms with E-state index in [0.29, 0.717) is 11.3 Å². The van der Waals surface area contributed by atoms with Gasteiger partial charge in [0.1, 0.15) is 5.38 Å². The molecule has 3 aromatic heterocycles. The molecule has 4 rings (SSSR count). The maximum Gasteiger partial charge on any atom is 0.250 e. The van der Waals surface area contributed by atoms with Crippen molar-refractivity contribution in [2.45, 2.75) is 20.8 Å². The summed E-state index contributed by atoms with van der Waals surface area (Å²) in [5.74, 6) is -0.164. The monoisotopic (exact) mass is 390 g/mol. The number of thiazole rings is 1. The van der Waals surface area contributed by atoms with Gasteiger partial charge >= 0.3 is 0 Å². The topological polar surface area (TPSA) is 67.0 Å². The van der Waals surface area contributed by atoms with Gasteiger partial charge in [-0.25, -0.2) is 0 Å². The number of aromatic nitrogens is 3. The number of fused-ring (bicyclic) bond motifs is 1. The highest BCUT2D eigenvalue weighted by Gasteiger charge is 2.23. The van der Waals surface area contributed by atoms with Gasteiger partial charge in [0, 0.05) is 6.20 Å². The van der Waals surface area contributed by atoms with Crippen LogP contribution < -0.4 is 4.57 Å². The van der Waals surface area contributed by atoms with Crippen molar-refractivity contribution in [3.63, 3.8) is 0 Å². The van der Waals surface area contributed by atoms with Crippen molar-refractivity contribution in [1.82, 2.24) is 9.97 Å². The lowest BCUT2D eigenvalue weighted by molar-refractivity contribution is -0.671. The molecular weight excluding hydrogens is 370 g/mol. The number of benzene rings is 1. The lowest BCUT2D eigenvalue weighted by Crippen LogP contribution is -2.46. The molecule has 0 unspecified atom stereocenters. The number of ketones is 1. The quantitative estimate of drug-likeness (QED) is 0.243. The number of aliphatic hydroxyl groups excluding tert-OH is 1. The molecule has 5 nitrogen and oxygen atoms in total. The van der Waals surface area contributed by atoms with Crippen LogP contribution in [-0.4, -0.2) is 20.9 Å². The van der Waals surface area contributed by atoms with Crippen molar-refractivity contribution in [3.8, 4) is 10.6 Å². The molecule has 0 radical (unpaired) electrons. The Bertz CT molecular complexity index is 1140. The fourth-order valence-corrected chi connectivity index (χ4v) is 3.83. The summed E-state index contributed by atoms with van der Waals surface area (Å²) in [6, 6.07) is 11.3. The van der Waals surface area contributed by atoms with Gasteiger partial charge in [0.2, 0.25) is 0 Å². The highest BCUT2D eigenvalue weighted by atomic mass is 32.1. The van der Waals surface area contributed by atoms with Gasteiger partial charge < -0.3 is 14.7 Å². The van der Waals surface area contributed by atoms with Gasteiger partial charge in [-0.15, -0.1) is 12.1 Å². The van der Waals surface area contributed by atoms with Crippen molar-refractivity contribution in [2.75, 3.05) is 0 Å². The van der Waals surface area contributed by atoms with E-state index in [1.807, 2.05) is 57.2 Å². The van der Waals surface area contributed by atoms with Gasteiger partial charge in [-0.2, -0.15) is 0 Å². The first-order chi connectivity index (χ1) is 13.4. The van der Waals surface area contributed by atoms with Crippen molar-refractivity contribution < 1.29 is 14.5 Å². The molecule has 0 amide bonds. The summed E-state index contributed by atoms with van der Waals surface area (Å²) in [6.07, 6.45) is 5.33. The van der Waals surface area contributed by atoms with E-state index >= 15 is 0 Å². The largest absolute Gasteiger partial charge is 0.462 e. The van der Waals surface area contributed by atoms with E-state index in [0.717, 1.165) is 21.5 Å². The van der Waals surface area contributed by atoms with E-state index < -0.39 is 5.41 Å². The van der Waals surface area contributed by atoms with Gasteiger partial charge in [0.05, 0.1) is 11.9 Å². The second-order valence-corrected chi connectivity index (χ2v) is 8.47. The lowest BCUT2D eigenvalue weighted by Gasteiger charge is -2.33. The van der Waals surface area contributed by atoms with Crippen LogP contribution in [0.3, 0.4) is 0 Å². The molecule has 0 spiro atoms. The summed E-state index contributed by atoms with van der Waals surface area (Å²) < 4.78 is 1.69. The Balaban J connectivity index is 1.78. The molecule has 4 aromatic rings. The first kappa shape index (κ1) is 18.4. The van der Waals surface area contributed by atoms with E-state index in [1.54, 1.807) is 28.5 Å². The van der Waals surface area contributed by atoms with E-state index in [2.05, 4.69) is 9.97 Å². The summed E-state index contributed by atoms with van der Waals surface area (Å²) in [5.41, 5.74) is 2.14. The number of carbonyl (C=O) groups excluding carboxylic acids is 1. The molecule has 0 aliphatic carbocycles. The van der Waals surface area contributed by atoms with Crippen LogP contribution in [0.5, 0.6) is 0 Å². The highest BCUT2D eigenvalue weighted by Crippen LogP contribution is 2.29. The minimum atomic E-state index is -0.448. The zero-order chi connectivity index (χ0) is 19.9. The SMILES string of the molecule is CC(C)(C)[C-](O)[n+]1cc(C(=O)c2c[s+][c-](-c3cccnc3)n2)c2cccc[c-]21. The minimum absolute atomic E-state index is 0.164. The van der Waals surface area contributed by atoms with E-state index in [-0.39, 0.29) is 12.0 Å². The normalized spacial score (nSPS) is 11.7. The Hall–Kier alpha value is -2.96. The fraction of sp³-hybridized carbons (Fsp3) is 0.182. The summed E-state index contributed by atoms with van der Waals surface area (Å²) in [5, 5.41) is 14.0. The van der Waals surface area contributed by atoms with Crippen molar-refractivity contribution in [1.29, 1.82) is 0 Å². The van der Waals surface area contributed by atoms with Crippen LogP contribution in [0.2, 0.25) is 0 Å². The van der Waals surface area contributed by atoms with Crippen molar-refractivity contribution in [3.05, 3.63) is 77.9 Å². The third-order valence-corrected chi connectivity index (χ3v) is 5.39. The maximum absolute atomic E-state index is 13.2. The molecule has 0 atom stereocenters. The molecule has 0 saturated heterocycles. The first-order valence-electron chi connectivity index (χ1n) is 8.94. The number of rotatable bonds is 4. The fourth-order valence-electron chi connectivity index (χ4n) is 3.04. The number of nitrogens with zero attached hydrogens (tertiary/aromatic N) is 3. The second kappa shape index (κ2) is 6.89. The number of aliphatic hydroxyl groups is 1. The zero-order valence-electron chi connectivity index (χ0n) is 15.9. The number of pyridine rings is 1. The molecule has 0 aliphatic heterocycles. The number of carbonyl (C=O) groups is 1. The molecule has 1 aromatic carbocycles. The van der Waals surface area contributed by atoms with E-state index in [9.17, 15) is 9.90 Å². The number of para-hydroxylation sites is 1. The lowest BCUT2D eigenvalue weighted by atomic mass is 9.94. The molecule has 3 heterocycles. The summed E-state index contributed by atoms with van der Waals surface area (Å²) in [7, 11) is 0. The molecule has 142 valence electrons. The Morgan fingerprint density at radius 2 is 2.07 bits per heavy atom. The van der Waals surface area contributed by atoms with Crippen molar-refractivity contribution in [2.24, 2.45) is 5.41 Å². The van der Waals surface area contributed by atoms with Crippen molar-refractivity contribution >= 4 is 28.0 Å². The molecule has 0 aliphatic rings. The Labute approximate surface area is 167 Å². The number of hydrogen-bond donors (Lipinski definition) is 1. The maximum atomic E-state index is 13.2. The van der Waals surface area contributed by atoms with Crippen LogP contribution in [0.25, 0.3) is 21.5 Å². The third-order valence-electron chi connectivity index (χ3n) is 4.50. The Kier molecular flexibility index (Phi) is 4.53. The van der Waals surface area contributed by atoms with Crippen LogP contribution in [-0.2, 0) is 0 Å². The van der Waals surface area contributed by atoms with Crippen LogP contribution in [0.4, 0.5) is 0 Å². The Morgan fingerprint density at radius 3 is 2.79 bits per heavy atom. The third kappa shape index (κ3) is 3.21. The predicted molar refractivity (Wildman–Crippen MR) is 109 cm³/mol. The van der Waals surface area contributed by atoms with Gasteiger partial charge in [0.25, 0.3) is 5.01 Å². The van der Waals surface area contributed by atoms with Crippen LogP contribution in [0.1, 0.15) is 36.8 Å². The summed E-state index contributed by atoms with van der Waals surface area (Å²) in [6.45, 7) is 5.79. The summed E-state index contributed by atoms with van der Waals surface area (Å²) in [4.78, 5) is 21.8. The molecule has 1 N–H and O–H groups in total. The molecule has 0 saturated carbocycles. The van der Waals surface area contributed by atoms with Crippen LogP contribution >= 0.6 is 11.3 Å². The number of hydrogen-bond acceptors (Lipinski definition) is 4. The molecule has 0 fully saturated rings.